The molecule has 2 aliphatic rings. The monoisotopic (exact) mass is 1450 g/mol. The number of nitrogens with two attached hydrogens (primary N) is 3. The van der Waals surface area contributed by atoms with Gasteiger partial charge in [0.1, 0.15) is 72.7 Å². The highest BCUT2D eigenvalue weighted by atomic mass is 32.2. The number of hydrogen-bond acceptors (Lipinski definition) is 21. The van der Waals surface area contributed by atoms with Crippen molar-refractivity contribution in [3.63, 3.8) is 0 Å². The summed E-state index contributed by atoms with van der Waals surface area (Å²) >= 11 is 1.39. The zero-order chi connectivity index (χ0) is 75.3. The van der Waals surface area contributed by atoms with E-state index in [-0.39, 0.29) is 114 Å². The Hall–Kier alpha value is -8.58. The first-order valence-corrected chi connectivity index (χ1v) is 36.4. The van der Waals surface area contributed by atoms with Crippen molar-refractivity contribution in [1.82, 2.24) is 92.9 Å². The Morgan fingerprint density at radius 1 is 0.490 bits per heavy atom. The number of aliphatic carboxylic acids is 1. The average Bonchev–Trinajstić information content (AvgIpc) is 1.56. The van der Waals surface area contributed by atoms with Crippen molar-refractivity contribution < 1.29 is 67.7 Å². The number of carbonyl (C=O) groups excluding carboxylic acids is 11. The number of nitrogens with zero attached hydrogens (tertiary/aromatic N) is 5. The fraction of sp³-hybridized carbons (Fsp3) is 0.682. The fourth-order valence-corrected chi connectivity index (χ4v) is 12.6. The summed E-state index contributed by atoms with van der Waals surface area (Å²) in [5.41, 5.74) is 19.3. The quantitative estimate of drug-likeness (QED) is 0.0200. The first-order chi connectivity index (χ1) is 48.4. The number of amides is 11. The van der Waals surface area contributed by atoms with Crippen molar-refractivity contribution >= 4 is 82.7 Å². The van der Waals surface area contributed by atoms with Gasteiger partial charge in [0, 0.05) is 68.0 Å². The third-order valence-corrected chi connectivity index (χ3v) is 17.9. The molecule has 0 bridgehead atoms. The molecule has 35 nitrogen and oxygen atoms in total. The summed E-state index contributed by atoms with van der Waals surface area (Å²) in [7, 11) is 0. The van der Waals surface area contributed by atoms with Crippen molar-refractivity contribution in [3.8, 4) is 0 Å². The van der Waals surface area contributed by atoms with E-state index < -0.39 is 156 Å². The van der Waals surface area contributed by atoms with E-state index >= 15 is 0 Å². The molecule has 21 N–H and O–H groups in total. The number of aliphatic hydroxyl groups excluding tert-OH is 1. The Kier molecular flexibility index (Phi) is 34.7. The molecule has 5 rings (SSSR count). The average molecular weight is 1450 g/mol. The Balaban J connectivity index is 1.35. The minimum atomic E-state index is -1.64. The van der Waals surface area contributed by atoms with E-state index in [9.17, 15) is 67.7 Å². The maximum atomic E-state index is 14.8. The second kappa shape index (κ2) is 42.1. The Morgan fingerprint density at radius 3 is 1.24 bits per heavy atom. The van der Waals surface area contributed by atoms with Gasteiger partial charge in [-0.15, -0.1) is 0 Å². The van der Waals surface area contributed by atoms with Gasteiger partial charge in [-0.25, -0.2) is 19.7 Å². The molecule has 0 aromatic carbocycles. The SMILES string of the molecule is CSCC[C@H](NC(=O)[C@H](CC(C)C)NC(=O)[C@H](CC(C)C)NC(=O)[C@@H]1CCCN1C(=O)[C@@H](N)Cc1cnc[nH]1)C(=O)N[C@@H](CCCNC(N)N)C(=O)N[C@@H](CC(C)C)C(=O)N[C@@H](CC(C)C)C(=O)N[C@@H](Cc1cnc[nH]1)C(=O)N[C@@H](Cc1cnc[nH]1)C(=O)N1CCC[C@H]1C(=O)N[C@@H](CO)C(=O)O. The normalized spacial score (nSPS) is 17.5. The predicted molar refractivity (Wildman–Crippen MR) is 377 cm³/mol. The summed E-state index contributed by atoms with van der Waals surface area (Å²) in [5.74, 6) is -9.78. The van der Waals surface area contributed by atoms with Gasteiger partial charge in [-0.2, -0.15) is 11.8 Å². The van der Waals surface area contributed by atoms with Crippen LogP contribution in [0.1, 0.15) is 143 Å². The molecule has 0 unspecified atom stereocenters. The number of aromatic nitrogens is 6. The summed E-state index contributed by atoms with van der Waals surface area (Å²) in [5, 5.41) is 46.7. The third kappa shape index (κ3) is 27.3. The number of likely N-dealkylation sites (tertiary alicyclic amines) is 2. The molecule has 2 saturated heterocycles. The maximum absolute atomic E-state index is 14.8. The molecule has 0 aliphatic carbocycles. The first kappa shape index (κ1) is 84.1. The molecule has 568 valence electrons. The van der Waals surface area contributed by atoms with Crippen LogP contribution in [0.25, 0.3) is 0 Å². The van der Waals surface area contributed by atoms with E-state index in [2.05, 4.69) is 83.1 Å². The highest BCUT2D eigenvalue weighted by Crippen LogP contribution is 2.23. The van der Waals surface area contributed by atoms with Crippen LogP contribution in [0, 0.1) is 23.7 Å². The summed E-state index contributed by atoms with van der Waals surface area (Å²) in [6.07, 6.45) is 11.3. The lowest BCUT2D eigenvalue weighted by Gasteiger charge is -2.31. The first-order valence-electron chi connectivity index (χ1n) is 35.0. The van der Waals surface area contributed by atoms with Crippen molar-refractivity contribution in [3.05, 3.63) is 54.7 Å². The molecule has 2 aliphatic heterocycles. The number of carbonyl (C=O) groups is 12. The number of H-pyrrole nitrogens is 3. The molecule has 102 heavy (non-hydrogen) atoms. The number of aliphatic hydroxyl groups is 1. The number of carboxylic acids is 1. The van der Waals surface area contributed by atoms with E-state index in [1.54, 1.807) is 26.3 Å². The molecule has 3 aromatic heterocycles. The number of aromatic amines is 3. The summed E-state index contributed by atoms with van der Waals surface area (Å²) in [6, 6.07) is -15.1. The molecule has 2 fully saturated rings. The molecular formula is C66H109N21O14S. The summed E-state index contributed by atoms with van der Waals surface area (Å²) < 4.78 is 0. The molecule has 0 saturated carbocycles. The van der Waals surface area contributed by atoms with E-state index in [4.69, 9.17) is 17.2 Å². The van der Waals surface area contributed by atoms with Gasteiger partial charge in [-0.05, 0) is 113 Å². The standard InChI is InChI=1S/C66H109N21O14S/c1-35(2)21-45(80-59(94)48(24-38(7)8)83-61(96)52-14-11-18-86(52)63(98)42(67)25-39-28-70-32-74-39)56(91)78-44(16-20-102-9)55(90)77-43(13-10-17-73-66(68)69)54(89)79-46(22-36(3)4)57(92)81-47(23-37(5)6)58(93)82-49(26-40-29-71-33-75-40)60(95)84-50(27-41-30-72-34-76-41)64(99)87-19-12-15-53(87)62(97)85-51(31-88)65(100)101/h28-30,32-38,42-53,66,73,88H,10-27,31,67-69H2,1-9H3,(H,70,74)(H,71,75)(H,72,76)(H,77,90)(H,78,91)(H,79,89)(H,80,94)(H,81,92)(H,82,93)(H,83,96)(H,84,95)(H,85,97)(H,100,101)/t42-,43-,44-,45-,46-,47-,48-,49-,50-,51-,52-,53-/m0/s1. The fourth-order valence-electron chi connectivity index (χ4n) is 12.2. The molecule has 0 radical (unpaired) electrons. The number of carboxylic acid groups (broad SMARTS) is 1. The number of hydrogen-bond donors (Lipinski definition) is 18. The van der Waals surface area contributed by atoms with Gasteiger partial charge >= 0.3 is 5.97 Å². The van der Waals surface area contributed by atoms with E-state index in [1.807, 2.05) is 41.5 Å². The topological polar surface area (TPSA) is 536 Å². The van der Waals surface area contributed by atoms with Gasteiger partial charge in [0.15, 0.2) is 0 Å². The lowest BCUT2D eigenvalue weighted by atomic mass is 9.99. The highest BCUT2D eigenvalue weighted by Gasteiger charge is 2.42. The van der Waals surface area contributed by atoms with Crippen LogP contribution in [0.15, 0.2) is 37.6 Å². The minimum Gasteiger partial charge on any atom is -0.480 e. The van der Waals surface area contributed by atoms with Crippen molar-refractivity contribution in [1.29, 1.82) is 0 Å². The Morgan fingerprint density at radius 2 is 0.843 bits per heavy atom. The third-order valence-electron chi connectivity index (χ3n) is 17.3. The number of imidazole rings is 3. The molecule has 5 heterocycles. The van der Waals surface area contributed by atoms with Gasteiger partial charge in [0.25, 0.3) is 0 Å². The van der Waals surface area contributed by atoms with Crippen LogP contribution >= 0.6 is 11.8 Å². The van der Waals surface area contributed by atoms with Crippen LogP contribution in [-0.4, -0.2) is 238 Å². The predicted octanol–water partition coefficient (Wildman–Crippen LogP) is -2.86. The second-order valence-electron chi connectivity index (χ2n) is 27.8. The van der Waals surface area contributed by atoms with E-state index in [1.165, 1.54) is 52.9 Å². The van der Waals surface area contributed by atoms with Crippen molar-refractivity contribution in [2.75, 3.05) is 38.2 Å². The lowest BCUT2D eigenvalue weighted by Crippen LogP contribution is -2.61. The van der Waals surface area contributed by atoms with Crippen LogP contribution in [0.2, 0.25) is 0 Å². The van der Waals surface area contributed by atoms with Crippen LogP contribution < -0.4 is 70.4 Å². The zero-order valence-electron chi connectivity index (χ0n) is 59.9. The van der Waals surface area contributed by atoms with E-state index in [0.717, 1.165) is 0 Å². The number of nitrogens with one attached hydrogen (secondary N) is 13. The molecule has 0 spiro atoms. The number of rotatable bonds is 44. The minimum absolute atomic E-state index is 0.0265. The van der Waals surface area contributed by atoms with Crippen LogP contribution in [0.4, 0.5) is 0 Å². The molecule has 12 atom stereocenters. The largest absolute Gasteiger partial charge is 0.480 e. The van der Waals surface area contributed by atoms with Gasteiger partial charge in [-0.1, -0.05) is 55.4 Å². The summed E-state index contributed by atoms with van der Waals surface area (Å²) in [6.45, 7) is 14.3. The number of thioether (sulfide) groups is 1. The Bertz CT molecular complexity index is 3190. The van der Waals surface area contributed by atoms with Gasteiger partial charge in [-0.3, -0.25) is 58.1 Å². The summed E-state index contributed by atoms with van der Waals surface area (Å²) in [4.78, 5) is 193. The lowest BCUT2D eigenvalue weighted by molar-refractivity contribution is -0.145. The van der Waals surface area contributed by atoms with Crippen molar-refractivity contribution in [2.24, 2.45) is 40.9 Å². The van der Waals surface area contributed by atoms with Gasteiger partial charge in [0.2, 0.25) is 65.0 Å². The smallest absolute Gasteiger partial charge is 0.328 e. The van der Waals surface area contributed by atoms with Crippen LogP contribution in [0.5, 0.6) is 0 Å². The van der Waals surface area contributed by atoms with Gasteiger partial charge in [0.05, 0.1) is 31.6 Å². The van der Waals surface area contributed by atoms with Crippen molar-refractivity contribution in [2.45, 2.75) is 224 Å². The second-order valence-corrected chi connectivity index (χ2v) is 28.8. The molecule has 36 heteroatoms. The van der Waals surface area contributed by atoms with Crippen LogP contribution in [-0.2, 0) is 76.8 Å². The Labute approximate surface area is 598 Å². The van der Waals surface area contributed by atoms with E-state index in [0.29, 0.717) is 42.1 Å². The van der Waals surface area contributed by atoms with Gasteiger partial charge < -0.3 is 100 Å². The molecule has 11 amide bonds. The zero-order valence-corrected chi connectivity index (χ0v) is 60.7. The van der Waals surface area contributed by atoms with Crippen LogP contribution in [0.3, 0.4) is 0 Å². The maximum Gasteiger partial charge on any atom is 0.328 e. The molecule has 3 aromatic rings. The highest BCUT2D eigenvalue weighted by molar-refractivity contribution is 7.98. The molecular weight excluding hydrogens is 1340 g/mol.